The topological polar surface area (TPSA) is 60.9 Å². The molecule has 3 rings (SSSR count). The summed E-state index contributed by atoms with van der Waals surface area (Å²) >= 11 is 0. The van der Waals surface area contributed by atoms with Crippen LogP contribution in [0.5, 0.6) is 0 Å². The lowest BCUT2D eigenvalue weighted by molar-refractivity contribution is 0.551. The standard InChI is InChI=1S/C16H14N2O2S/c1-12-7-9-14(10-8-12)21(19,20)18-15(11-17)16(18)13-5-3-2-4-6-13/h2-10,15-16H,1H3. The predicted octanol–water partition coefficient (Wildman–Crippen LogP) is 2.63. The number of rotatable bonds is 3. The zero-order valence-electron chi connectivity index (χ0n) is 11.5. The Kier molecular flexibility index (Phi) is 3.28. The Morgan fingerprint density at radius 3 is 2.24 bits per heavy atom. The van der Waals surface area contributed by atoms with Crippen LogP contribution in [0.3, 0.4) is 0 Å². The van der Waals surface area contributed by atoms with E-state index in [-0.39, 0.29) is 10.9 Å². The molecule has 2 aromatic carbocycles. The molecule has 4 nitrogen and oxygen atoms in total. The fourth-order valence-corrected chi connectivity index (χ4v) is 4.12. The van der Waals surface area contributed by atoms with Gasteiger partial charge in [-0.05, 0) is 24.6 Å². The molecule has 0 amide bonds. The Labute approximate surface area is 124 Å². The van der Waals surface area contributed by atoms with Crippen molar-refractivity contribution in [2.45, 2.75) is 23.9 Å². The van der Waals surface area contributed by atoms with Gasteiger partial charge >= 0.3 is 0 Å². The van der Waals surface area contributed by atoms with Crippen molar-refractivity contribution in [1.82, 2.24) is 4.31 Å². The molecular weight excluding hydrogens is 284 g/mol. The smallest absolute Gasteiger partial charge is 0.207 e. The number of sulfonamides is 1. The highest BCUT2D eigenvalue weighted by Crippen LogP contribution is 2.47. The zero-order valence-corrected chi connectivity index (χ0v) is 12.3. The summed E-state index contributed by atoms with van der Waals surface area (Å²) < 4.78 is 26.5. The second kappa shape index (κ2) is 4.99. The zero-order chi connectivity index (χ0) is 15.0. The highest BCUT2D eigenvalue weighted by Gasteiger charge is 2.56. The van der Waals surface area contributed by atoms with E-state index in [9.17, 15) is 13.7 Å². The maximum atomic E-state index is 12.6. The minimum absolute atomic E-state index is 0.229. The van der Waals surface area contributed by atoms with E-state index in [4.69, 9.17) is 0 Å². The van der Waals surface area contributed by atoms with Gasteiger partial charge in [-0.25, -0.2) is 8.42 Å². The van der Waals surface area contributed by atoms with Crippen LogP contribution in [0.25, 0.3) is 0 Å². The molecule has 0 N–H and O–H groups in total. The van der Waals surface area contributed by atoms with Crippen molar-refractivity contribution in [2.75, 3.05) is 0 Å². The van der Waals surface area contributed by atoms with Gasteiger partial charge in [-0.15, -0.1) is 0 Å². The van der Waals surface area contributed by atoms with Crippen molar-refractivity contribution in [3.05, 3.63) is 65.7 Å². The maximum Gasteiger partial charge on any atom is 0.244 e. The number of benzene rings is 2. The van der Waals surface area contributed by atoms with Crippen LogP contribution in [0.1, 0.15) is 17.2 Å². The van der Waals surface area contributed by atoms with E-state index in [0.29, 0.717) is 0 Å². The van der Waals surface area contributed by atoms with Crippen LogP contribution in [-0.4, -0.2) is 18.8 Å². The van der Waals surface area contributed by atoms with Crippen LogP contribution in [-0.2, 0) is 10.0 Å². The summed E-state index contributed by atoms with van der Waals surface area (Å²) in [5, 5.41) is 9.21. The lowest BCUT2D eigenvalue weighted by Gasteiger charge is -2.06. The number of hydrogen-bond acceptors (Lipinski definition) is 3. The Morgan fingerprint density at radius 2 is 1.67 bits per heavy atom. The Bertz CT molecular complexity index is 792. The molecule has 1 aliphatic heterocycles. The number of nitrogens with zero attached hydrogens (tertiary/aromatic N) is 2. The largest absolute Gasteiger partial charge is 0.244 e. The highest BCUT2D eigenvalue weighted by atomic mass is 32.2. The Morgan fingerprint density at radius 1 is 1.05 bits per heavy atom. The van der Waals surface area contributed by atoms with Gasteiger partial charge in [0.15, 0.2) is 0 Å². The molecule has 0 bridgehead atoms. The first kappa shape index (κ1) is 13.8. The van der Waals surface area contributed by atoms with Gasteiger partial charge in [-0.2, -0.15) is 9.57 Å². The van der Waals surface area contributed by atoms with Gasteiger partial charge in [0.1, 0.15) is 6.04 Å². The molecule has 5 heteroatoms. The molecular formula is C16H14N2O2S. The second-order valence-corrected chi connectivity index (χ2v) is 6.92. The van der Waals surface area contributed by atoms with Crippen molar-refractivity contribution in [2.24, 2.45) is 0 Å². The molecule has 0 aromatic heterocycles. The summed E-state index contributed by atoms with van der Waals surface area (Å²) in [5.74, 6) is 0. The first-order chi connectivity index (χ1) is 10.1. The van der Waals surface area contributed by atoms with Gasteiger partial charge in [-0.3, -0.25) is 0 Å². The van der Waals surface area contributed by atoms with Gasteiger partial charge in [0.05, 0.1) is 17.0 Å². The van der Waals surface area contributed by atoms with Crippen LogP contribution >= 0.6 is 0 Å². The summed E-state index contributed by atoms with van der Waals surface area (Å²) in [5.41, 5.74) is 1.84. The molecule has 106 valence electrons. The average Bonchev–Trinajstić information content (AvgIpc) is 3.24. The third-order valence-electron chi connectivity index (χ3n) is 3.63. The summed E-state index contributed by atoms with van der Waals surface area (Å²) in [6, 6.07) is 17.0. The van der Waals surface area contributed by atoms with Gasteiger partial charge in [-0.1, -0.05) is 48.0 Å². The lowest BCUT2D eigenvalue weighted by atomic mass is 10.1. The lowest BCUT2D eigenvalue weighted by Crippen LogP contribution is -2.14. The summed E-state index contributed by atoms with van der Waals surface area (Å²) in [6.07, 6.45) is 0. The summed E-state index contributed by atoms with van der Waals surface area (Å²) in [6.45, 7) is 1.90. The number of nitriles is 1. The van der Waals surface area contributed by atoms with E-state index in [0.717, 1.165) is 11.1 Å². The van der Waals surface area contributed by atoms with E-state index in [2.05, 4.69) is 6.07 Å². The van der Waals surface area contributed by atoms with Crippen LogP contribution in [0.2, 0.25) is 0 Å². The number of hydrogen-bond donors (Lipinski definition) is 0. The van der Waals surface area contributed by atoms with E-state index in [1.54, 1.807) is 24.3 Å². The molecule has 21 heavy (non-hydrogen) atoms. The Hall–Kier alpha value is -2.16. The molecule has 1 fully saturated rings. The van der Waals surface area contributed by atoms with Crippen LogP contribution in [0, 0.1) is 18.3 Å². The van der Waals surface area contributed by atoms with Crippen LogP contribution in [0.15, 0.2) is 59.5 Å². The molecule has 0 aliphatic carbocycles. The van der Waals surface area contributed by atoms with Gasteiger partial charge in [0.2, 0.25) is 10.0 Å². The molecule has 2 aromatic rings. The van der Waals surface area contributed by atoms with Crippen molar-refractivity contribution >= 4 is 10.0 Å². The summed E-state index contributed by atoms with van der Waals surface area (Å²) in [4.78, 5) is 0.229. The third-order valence-corrected chi connectivity index (χ3v) is 5.50. The summed E-state index contributed by atoms with van der Waals surface area (Å²) in [7, 11) is -3.63. The minimum Gasteiger partial charge on any atom is -0.207 e. The fraction of sp³-hybridized carbons (Fsp3) is 0.188. The van der Waals surface area contributed by atoms with Gasteiger partial charge in [0, 0.05) is 0 Å². The van der Waals surface area contributed by atoms with E-state index in [1.807, 2.05) is 37.3 Å². The van der Waals surface area contributed by atoms with Crippen molar-refractivity contribution in [3.63, 3.8) is 0 Å². The average molecular weight is 298 g/mol. The first-order valence-electron chi connectivity index (χ1n) is 6.60. The highest BCUT2D eigenvalue weighted by molar-refractivity contribution is 7.89. The molecule has 1 saturated heterocycles. The van der Waals surface area contributed by atoms with Gasteiger partial charge < -0.3 is 0 Å². The van der Waals surface area contributed by atoms with Crippen LogP contribution < -0.4 is 0 Å². The second-order valence-electron chi connectivity index (χ2n) is 5.08. The van der Waals surface area contributed by atoms with E-state index in [1.165, 1.54) is 4.31 Å². The molecule has 0 radical (unpaired) electrons. The predicted molar refractivity (Wildman–Crippen MR) is 78.8 cm³/mol. The van der Waals surface area contributed by atoms with Crippen molar-refractivity contribution in [1.29, 1.82) is 5.26 Å². The third kappa shape index (κ3) is 2.33. The molecule has 3 atom stereocenters. The van der Waals surface area contributed by atoms with E-state index >= 15 is 0 Å². The molecule has 3 unspecified atom stereocenters. The Balaban J connectivity index is 1.97. The monoisotopic (exact) mass is 298 g/mol. The molecule has 1 heterocycles. The number of aryl methyl sites for hydroxylation is 1. The fourth-order valence-electron chi connectivity index (χ4n) is 2.45. The van der Waals surface area contributed by atoms with Crippen LogP contribution in [0.4, 0.5) is 0 Å². The molecule has 1 aliphatic rings. The van der Waals surface area contributed by atoms with Crippen molar-refractivity contribution in [3.8, 4) is 6.07 Å². The quantitative estimate of drug-likeness (QED) is 0.818. The first-order valence-corrected chi connectivity index (χ1v) is 8.04. The SMILES string of the molecule is Cc1ccc(S(=O)(=O)N2C(C#N)C2c2ccccc2)cc1. The van der Waals surface area contributed by atoms with Crippen molar-refractivity contribution < 1.29 is 8.42 Å². The maximum absolute atomic E-state index is 12.6. The normalized spacial score (nSPS) is 24.3. The van der Waals surface area contributed by atoms with E-state index < -0.39 is 16.1 Å². The molecule has 0 saturated carbocycles. The molecule has 0 spiro atoms. The van der Waals surface area contributed by atoms with Gasteiger partial charge in [0.25, 0.3) is 0 Å². The minimum atomic E-state index is -3.63.